The first-order valence-corrected chi connectivity index (χ1v) is 13.1. The van der Waals surface area contributed by atoms with E-state index < -0.39 is 0 Å². The number of benzene rings is 7. The Hall–Kier alpha value is -5.01. The van der Waals surface area contributed by atoms with Gasteiger partial charge in [0.25, 0.3) is 0 Å². The number of fused-ring (bicyclic) bond motifs is 11. The van der Waals surface area contributed by atoms with Gasteiger partial charge in [0.05, 0.1) is 5.69 Å². The molecule has 0 fully saturated rings. The van der Waals surface area contributed by atoms with Gasteiger partial charge in [0, 0.05) is 22.5 Å². The third-order valence-electron chi connectivity index (χ3n) is 7.88. The summed E-state index contributed by atoms with van der Waals surface area (Å²) < 4.78 is 0. The lowest BCUT2D eigenvalue weighted by Crippen LogP contribution is -1.92. The summed E-state index contributed by atoms with van der Waals surface area (Å²) in [6.45, 7) is 0. The summed E-state index contributed by atoms with van der Waals surface area (Å²) in [5.41, 5.74) is 4.53. The molecule has 0 saturated heterocycles. The Balaban J connectivity index is 1.55. The molecular formula is C37H23N. The van der Waals surface area contributed by atoms with Crippen molar-refractivity contribution < 1.29 is 0 Å². The molecule has 1 nitrogen and oxygen atoms in total. The average Bonchev–Trinajstić information content (AvgIpc) is 3.01. The second kappa shape index (κ2) is 8.26. The first-order valence-electron chi connectivity index (χ1n) is 13.1. The van der Waals surface area contributed by atoms with E-state index in [1.807, 2.05) is 0 Å². The number of pyridine rings is 1. The summed E-state index contributed by atoms with van der Waals surface area (Å²) in [5.74, 6) is 0. The van der Waals surface area contributed by atoms with E-state index in [1.54, 1.807) is 0 Å². The maximum absolute atomic E-state index is 5.11. The summed E-state index contributed by atoms with van der Waals surface area (Å²) in [4.78, 5) is 5.11. The van der Waals surface area contributed by atoms with Gasteiger partial charge in [-0.15, -0.1) is 0 Å². The van der Waals surface area contributed by atoms with Crippen LogP contribution in [0.3, 0.4) is 0 Å². The van der Waals surface area contributed by atoms with Crippen molar-refractivity contribution >= 4 is 53.9 Å². The molecule has 1 aromatic heterocycles. The Labute approximate surface area is 220 Å². The fourth-order valence-electron chi connectivity index (χ4n) is 6.24. The van der Waals surface area contributed by atoms with Gasteiger partial charge in [0.1, 0.15) is 0 Å². The molecular weight excluding hydrogens is 458 g/mol. The zero-order valence-electron chi connectivity index (χ0n) is 20.7. The molecule has 8 rings (SSSR count). The highest BCUT2D eigenvalue weighted by Gasteiger charge is 2.17. The van der Waals surface area contributed by atoms with E-state index in [4.69, 9.17) is 4.98 Å². The fourth-order valence-corrected chi connectivity index (χ4v) is 6.24. The van der Waals surface area contributed by atoms with E-state index in [2.05, 4.69) is 140 Å². The van der Waals surface area contributed by atoms with Gasteiger partial charge in [-0.05, 0) is 60.3 Å². The van der Waals surface area contributed by atoms with E-state index in [0.717, 1.165) is 11.3 Å². The molecule has 0 aliphatic rings. The van der Waals surface area contributed by atoms with Crippen molar-refractivity contribution in [1.29, 1.82) is 0 Å². The third kappa shape index (κ3) is 3.02. The van der Waals surface area contributed by atoms with Gasteiger partial charge in [-0.3, -0.25) is 4.98 Å². The first kappa shape index (κ1) is 21.1. The van der Waals surface area contributed by atoms with Gasteiger partial charge in [-0.25, -0.2) is 0 Å². The molecule has 0 bridgehead atoms. The van der Waals surface area contributed by atoms with Crippen LogP contribution in [0.5, 0.6) is 0 Å². The van der Waals surface area contributed by atoms with Crippen molar-refractivity contribution in [3.63, 3.8) is 0 Å². The zero-order chi connectivity index (χ0) is 25.1. The topological polar surface area (TPSA) is 12.9 Å². The summed E-state index contributed by atoms with van der Waals surface area (Å²) in [6, 6.07) is 47.9. The maximum Gasteiger partial charge on any atom is 0.0714 e. The highest BCUT2D eigenvalue weighted by atomic mass is 14.7. The molecule has 0 radical (unpaired) electrons. The molecule has 0 amide bonds. The molecule has 0 N–H and O–H groups in total. The van der Waals surface area contributed by atoms with E-state index >= 15 is 0 Å². The van der Waals surface area contributed by atoms with Crippen LogP contribution >= 0.6 is 0 Å². The molecule has 1 heterocycles. The van der Waals surface area contributed by atoms with Crippen LogP contribution in [-0.2, 0) is 0 Å². The van der Waals surface area contributed by atoms with E-state index in [1.165, 1.54) is 65.0 Å². The van der Waals surface area contributed by atoms with Crippen molar-refractivity contribution in [3.8, 4) is 22.4 Å². The van der Waals surface area contributed by atoms with Crippen LogP contribution in [0.15, 0.2) is 140 Å². The second-order valence-corrected chi connectivity index (χ2v) is 9.91. The lowest BCUT2D eigenvalue weighted by atomic mass is 9.87. The monoisotopic (exact) mass is 481 g/mol. The Morgan fingerprint density at radius 1 is 0.342 bits per heavy atom. The summed E-state index contributed by atoms with van der Waals surface area (Å²) in [6.07, 6.45) is 2.10. The highest BCUT2D eigenvalue weighted by molar-refractivity contribution is 6.39. The zero-order valence-corrected chi connectivity index (χ0v) is 20.7. The Morgan fingerprint density at radius 3 is 1.39 bits per heavy atom. The normalized spacial score (nSPS) is 11.7. The first-order chi connectivity index (χ1) is 18.9. The van der Waals surface area contributed by atoms with E-state index in [9.17, 15) is 0 Å². The van der Waals surface area contributed by atoms with Crippen LogP contribution in [-0.4, -0.2) is 4.98 Å². The van der Waals surface area contributed by atoms with Crippen LogP contribution < -0.4 is 0 Å². The Kier molecular flexibility index (Phi) is 4.59. The Bertz CT molecular complexity index is 2170. The molecule has 38 heavy (non-hydrogen) atoms. The summed E-state index contributed by atoms with van der Waals surface area (Å²) in [7, 11) is 0. The van der Waals surface area contributed by atoms with Crippen LogP contribution in [0, 0.1) is 0 Å². The van der Waals surface area contributed by atoms with E-state index in [-0.39, 0.29) is 0 Å². The van der Waals surface area contributed by atoms with Crippen LogP contribution in [0.1, 0.15) is 0 Å². The molecule has 1 heteroatoms. The molecule has 0 atom stereocenters. The minimum absolute atomic E-state index is 0.992. The van der Waals surface area contributed by atoms with Crippen molar-refractivity contribution in [2.24, 2.45) is 0 Å². The largest absolute Gasteiger partial charge is 0.256 e. The minimum Gasteiger partial charge on any atom is -0.256 e. The van der Waals surface area contributed by atoms with Crippen LogP contribution in [0.25, 0.3) is 76.2 Å². The predicted molar refractivity (Wildman–Crippen MR) is 163 cm³/mol. The second-order valence-electron chi connectivity index (χ2n) is 9.91. The molecule has 7 aromatic carbocycles. The molecule has 0 saturated carbocycles. The molecule has 0 spiro atoms. The molecule has 8 aromatic rings. The lowest BCUT2D eigenvalue weighted by Gasteiger charge is -2.17. The maximum atomic E-state index is 5.11. The molecule has 0 aliphatic carbocycles. The Morgan fingerprint density at radius 2 is 0.789 bits per heavy atom. The van der Waals surface area contributed by atoms with Crippen molar-refractivity contribution in [2.45, 2.75) is 0 Å². The number of hydrogen-bond donors (Lipinski definition) is 0. The number of hydrogen-bond acceptors (Lipinski definition) is 1. The third-order valence-corrected chi connectivity index (χ3v) is 7.88. The van der Waals surface area contributed by atoms with Crippen LogP contribution in [0.4, 0.5) is 0 Å². The SMILES string of the molecule is c1ccc(-c2ccccc2-c2cc3c4ccccc4c4c5ccccc5c5ccccc5c4c3cn2)cc1. The smallest absolute Gasteiger partial charge is 0.0714 e. The average molecular weight is 482 g/mol. The quantitative estimate of drug-likeness (QED) is 0.224. The van der Waals surface area contributed by atoms with Gasteiger partial charge in [-0.2, -0.15) is 0 Å². The standard InChI is InChI=1S/C37H23N/c1-2-12-24(13-3-1)25-14-4-8-18-29(25)35-22-33-28-17-7-11-21-32(28)36-30-19-9-5-15-26(30)27-16-6-10-20-31(27)37(36)34(33)23-38-35/h1-23H. The van der Waals surface area contributed by atoms with Crippen molar-refractivity contribution in [1.82, 2.24) is 4.98 Å². The van der Waals surface area contributed by atoms with Gasteiger partial charge < -0.3 is 0 Å². The number of nitrogens with zero attached hydrogens (tertiary/aromatic N) is 1. The molecule has 0 unspecified atom stereocenters. The van der Waals surface area contributed by atoms with Gasteiger partial charge >= 0.3 is 0 Å². The van der Waals surface area contributed by atoms with Gasteiger partial charge in [0.2, 0.25) is 0 Å². The van der Waals surface area contributed by atoms with Crippen molar-refractivity contribution in [2.75, 3.05) is 0 Å². The molecule has 176 valence electrons. The van der Waals surface area contributed by atoms with E-state index in [0.29, 0.717) is 0 Å². The van der Waals surface area contributed by atoms with Crippen LogP contribution in [0.2, 0.25) is 0 Å². The number of rotatable bonds is 2. The van der Waals surface area contributed by atoms with Crippen molar-refractivity contribution in [3.05, 3.63) is 140 Å². The number of aromatic nitrogens is 1. The van der Waals surface area contributed by atoms with Gasteiger partial charge in [0.15, 0.2) is 0 Å². The lowest BCUT2D eigenvalue weighted by molar-refractivity contribution is 1.36. The minimum atomic E-state index is 0.992. The predicted octanol–water partition coefficient (Wildman–Crippen LogP) is 10.2. The highest BCUT2D eigenvalue weighted by Crippen LogP contribution is 2.44. The van der Waals surface area contributed by atoms with Gasteiger partial charge in [-0.1, -0.05) is 127 Å². The summed E-state index contributed by atoms with van der Waals surface area (Å²) in [5, 5.41) is 12.7. The fraction of sp³-hybridized carbons (Fsp3) is 0. The summed E-state index contributed by atoms with van der Waals surface area (Å²) >= 11 is 0. The molecule has 0 aliphatic heterocycles.